The minimum Gasteiger partial charge on any atom is -0.305 e. The second-order valence-corrected chi connectivity index (χ2v) is 5.98. The molecule has 5 heteroatoms. The van der Waals surface area contributed by atoms with Crippen LogP contribution in [0.1, 0.15) is 41.5 Å². The highest BCUT2D eigenvalue weighted by Gasteiger charge is 2.19. The SMILES string of the molecule is Cc1cccnc1NC(=O)c1cc(C(C)C)nn1-c1ccccc1. The van der Waals surface area contributed by atoms with E-state index in [1.807, 2.05) is 55.5 Å². The van der Waals surface area contributed by atoms with Gasteiger partial charge >= 0.3 is 0 Å². The minimum atomic E-state index is -0.222. The maximum absolute atomic E-state index is 12.8. The van der Waals surface area contributed by atoms with Crippen molar-refractivity contribution in [2.24, 2.45) is 0 Å². The number of carbonyl (C=O) groups is 1. The molecule has 0 unspecified atom stereocenters. The van der Waals surface area contributed by atoms with Gasteiger partial charge in [-0.15, -0.1) is 0 Å². The van der Waals surface area contributed by atoms with E-state index in [2.05, 4.69) is 29.2 Å². The third-order valence-electron chi connectivity index (χ3n) is 3.79. The van der Waals surface area contributed by atoms with Crippen molar-refractivity contribution in [3.05, 3.63) is 71.7 Å². The molecule has 0 bridgehead atoms. The predicted molar refractivity (Wildman–Crippen MR) is 94.6 cm³/mol. The van der Waals surface area contributed by atoms with Gasteiger partial charge in [-0.1, -0.05) is 38.1 Å². The molecule has 24 heavy (non-hydrogen) atoms. The molecule has 0 fully saturated rings. The second-order valence-electron chi connectivity index (χ2n) is 5.98. The topological polar surface area (TPSA) is 59.8 Å². The molecule has 1 N–H and O–H groups in total. The van der Waals surface area contributed by atoms with Crippen molar-refractivity contribution < 1.29 is 4.79 Å². The van der Waals surface area contributed by atoms with Crippen LogP contribution in [-0.4, -0.2) is 20.7 Å². The highest BCUT2D eigenvalue weighted by atomic mass is 16.2. The summed E-state index contributed by atoms with van der Waals surface area (Å²) in [7, 11) is 0. The first-order valence-corrected chi connectivity index (χ1v) is 7.94. The maximum atomic E-state index is 12.8. The van der Waals surface area contributed by atoms with Gasteiger partial charge in [0.25, 0.3) is 5.91 Å². The van der Waals surface area contributed by atoms with Gasteiger partial charge in [0, 0.05) is 6.20 Å². The van der Waals surface area contributed by atoms with E-state index in [1.54, 1.807) is 10.9 Å². The summed E-state index contributed by atoms with van der Waals surface area (Å²) >= 11 is 0. The van der Waals surface area contributed by atoms with E-state index in [0.29, 0.717) is 11.5 Å². The van der Waals surface area contributed by atoms with Gasteiger partial charge in [0.2, 0.25) is 0 Å². The number of carbonyl (C=O) groups excluding carboxylic acids is 1. The van der Waals surface area contributed by atoms with E-state index < -0.39 is 0 Å². The van der Waals surface area contributed by atoms with Crippen LogP contribution >= 0.6 is 0 Å². The summed E-state index contributed by atoms with van der Waals surface area (Å²) in [5, 5.41) is 7.48. The number of anilines is 1. The highest BCUT2D eigenvalue weighted by Crippen LogP contribution is 2.20. The number of nitrogens with one attached hydrogen (secondary N) is 1. The molecule has 0 spiro atoms. The maximum Gasteiger partial charge on any atom is 0.275 e. The lowest BCUT2D eigenvalue weighted by Gasteiger charge is -2.09. The largest absolute Gasteiger partial charge is 0.305 e. The first kappa shape index (κ1) is 15.9. The molecule has 3 aromatic rings. The summed E-state index contributed by atoms with van der Waals surface area (Å²) in [5.41, 5.74) is 3.14. The normalized spacial score (nSPS) is 10.8. The monoisotopic (exact) mass is 320 g/mol. The van der Waals surface area contributed by atoms with Gasteiger partial charge in [-0.2, -0.15) is 5.10 Å². The van der Waals surface area contributed by atoms with E-state index in [4.69, 9.17) is 0 Å². The van der Waals surface area contributed by atoms with Crippen molar-refractivity contribution in [2.45, 2.75) is 26.7 Å². The van der Waals surface area contributed by atoms with Gasteiger partial charge in [0.1, 0.15) is 11.5 Å². The summed E-state index contributed by atoms with van der Waals surface area (Å²) in [6.45, 7) is 6.03. The van der Waals surface area contributed by atoms with Gasteiger partial charge in [0.15, 0.2) is 0 Å². The predicted octanol–water partition coefficient (Wildman–Crippen LogP) is 3.95. The highest BCUT2D eigenvalue weighted by molar-refractivity contribution is 6.03. The lowest BCUT2D eigenvalue weighted by atomic mass is 10.1. The molecule has 2 aromatic heterocycles. The molecule has 122 valence electrons. The summed E-state index contributed by atoms with van der Waals surface area (Å²) in [4.78, 5) is 17.0. The zero-order chi connectivity index (χ0) is 17.1. The van der Waals surface area contributed by atoms with E-state index in [0.717, 1.165) is 16.9 Å². The number of hydrogen-bond acceptors (Lipinski definition) is 3. The summed E-state index contributed by atoms with van der Waals surface area (Å²) in [6, 6.07) is 15.2. The van der Waals surface area contributed by atoms with Crippen LogP contribution in [0, 0.1) is 6.92 Å². The van der Waals surface area contributed by atoms with Crippen LogP contribution in [0.4, 0.5) is 5.82 Å². The van der Waals surface area contributed by atoms with Crippen molar-refractivity contribution in [2.75, 3.05) is 5.32 Å². The molecular formula is C19H20N4O. The lowest BCUT2D eigenvalue weighted by Crippen LogP contribution is -2.18. The Morgan fingerprint density at radius 1 is 1.12 bits per heavy atom. The lowest BCUT2D eigenvalue weighted by molar-refractivity contribution is 0.101. The van der Waals surface area contributed by atoms with Gasteiger partial charge in [-0.3, -0.25) is 4.79 Å². The van der Waals surface area contributed by atoms with E-state index in [-0.39, 0.29) is 11.8 Å². The Morgan fingerprint density at radius 3 is 2.54 bits per heavy atom. The Morgan fingerprint density at radius 2 is 1.88 bits per heavy atom. The Labute approximate surface area is 141 Å². The number of benzene rings is 1. The molecule has 0 aliphatic carbocycles. The van der Waals surface area contributed by atoms with Crippen molar-refractivity contribution in [3.63, 3.8) is 0 Å². The number of hydrogen-bond donors (Lipinski definition) is 1. The quantitative estimate of drug-likeness (QED) is 0.792. The van der Waals surface area contributed by atoms with Crippen LogP contribution in [0.15, 0.2) is 54.7 Å². The molecule has 0 aliphatic rings. The van der Waals surface area contributed by atoms with Crippen LogP contribution in [0.3, 0.4) is 0 Å². The molecule has 1 amide bonds. The third-order valence-corrected chi connectivity index (χ3v) is 3.79. The summed E-state index contributed by atoms with van der Waals surface area (Å²) in [6.07, 6.45) is 1.66. The van der Waals surface area contributed by atoms with Crippen molar-refractivity contribution in [1.82, 2.24) is 14.8 Å². The number of aryl methyl sites for hydroxylation is 1. The standard InChI is InChI=1S/C19H20N4O/c1-13(2)16-12-17(23(22-16)15-9-5-4-6-10-15)19(24)21-18-14(3)8-7-11-20-18/h4-13H,1-3H3,(H,20,21,24). The fourth-order valence-electron chi connectivity index (χ4n) is 2.40. The Balaban J connectivity index is 2.00. The van der Waals surface area contributed by atoms with Crippen molar-refractivity contribution >= 4 is 11.7 Å². The smallest absolute Gasteiger partial charge is 0.275 e. The summed E-state index contributed by atoms with van der Waals surface area (Å²) < 4.78 is 1.68. The Hall–Kier alpha value is -2.95. The molecular weight excluding hydrogens is 300 g/mol. The zero-order valence-electron chi connectivity index (χ0n) is 14.0. The molecule has 1 aromatic carbocycles. The molecule has 0 aliphatic heterocycles. The number of rotatable bonds is 4. The molecule has 5 nitrogen and oxygen atoms in total. The van der Waals surface area contributed by atoms with Crippen LogP contribution in [0.25, 0.3) is 5.69 Å². The number of nitrogens with zero attached hydrogens (tertiary/aromatic N) is 3. The molecule has 0 saturated heterocycles. The van der Waals surface area contributed by atoms with E-state index in [1.165, 1.54) is 0 Å². The van der Waals surface area contributed by atoms with Gasteiger partial charge in [-0.25, -0.2) is 9.67 Å². The summed E-state index contributed by atoms with van der Waals surface area (Å²) in [5.74, 6) is 0.576. The molecule has 0 saturated carbocycles. The number of aromatic nitrogens is 3. The van der Waals surface area contributed by atoms with Crippen molar-refractivity contribution in [3.8, 4) is 5.69 Å². The fraction of sp³-hybridized carbons (Fsp3) is 0.211. The third kappa shape index (κ3) is 3.20. The molecule has 2 heterocycles. The average molecular weight is 320 g/mol. The van der Waals surface area contributed by atoms with Crippen LogP contribution < -0.4 is 5.32 Å². The number of pyridine rings is 1. The molecule has 0 radical (unpaired) electrons. The van der Waals surface area contributed by atoms with Gasteiger partial charge < -0.3 is 5.32 Å². The van der Waals surface area contributed by atoms with Crippen molar-refractivity contribution in [1.29, 1.82) is 0 Å². The Bertz CT molecular complexity index is 853. The fourth-order valence-corrected chi connectivity index (χ4v) is 2.40. The average Bonchev–Trinajstić information content (AvgIpc) is 3.03. The Kier molecular flexibility index (Phi) is 4.42. The second kappa shape index (κ2) is 6.66. The van der Waals surface area contributed by atoms with E-state index in [9.17, 15) is 4.79 Å². The first-order valence-electron chi connectivity index (χ1n) is 7.94. The van der Waals surface area contributed by atoms with Crippen LogP contribution in [0.5, 0.6) is 0 Å². The van der Waals surface area contributed by atoms with Gasteiger partial charge in [0.05, 0.1) is 11.4 Å². The van der Waals surface area contributed by atoms with E-state index >= 15 is 0 Å². The van der Waals surface area contributed by atoms with Gasteiger partial charge in [-0.05, 0) is 42.7 Å². The van der Waals surface area contributed by atoms with Crippen LogP contribution in [0.2, 0.25) is 0 Å². The number of para-hydroxylation sites is 1. The molecule has 0 atom stereocenters. The minimum absolute atomic E-state index is 0.222. The number of amides is 1. The zero-order valence-corrected chi connectivity index (χ0v) is 14.0. The molecule has 3 rings (SSSR count). The van der Waals surface area contributed by atoms with Crippen LogP contribution in [-0.2, 0) is 0 Å². The first-order chi connectivity index (χ1) is 11.6.